The summed E-state index contributed by atoms with van der Waals surface area (Å²) in [4.78, 5) is 12.1. The van der Waals surface area contributed by atoms with Gasteiger partial charge in [0.15, 0.2) is 0 Å². The summed E-state index contributed by atoms with van der Waals surface area (Å²) in [5, 5.41) is 1.56. The van der Waals surface area contributed by atoms with Crippen molar-refractivity contribution in [1.29, 1.82) is 0 Å². The molecule has 1 aromatic heterocycles. The maximum absolute atomic E-state index is 12.1. The smallest absolute Gasteiger partial charge is 0.315 e. The third-order valence-corrected chi connectivity index (χ3v) is 3.97. The Morgan fingerprint density at radius 3 is 2.59 bits per heavy atom. The molecule has 112 valence electrons. The first kappa shape index (κ1) is 14.7. The summed E-state index contributed by atoms with van der Waals surface area (Å²) < 4.78 is 10.9. The number of halogens is 1. The molecule has 0 saturated heterocycles. The lowest BCUT2D eigenvalue weighted by Gasteiger charge is -2.04. The van der Waals surface area contributed by atoms with Gasteiger partial charge in [-0.2, -0.15) is 0 Å². The Morgan fingerprint density at radius 2 is 1.86 bits per heavy atom. The van der Waals surface area contributed by atoms with Gasteiger partial charge in [-0.3, -0.25) is 4.79 Å². The van der Waals surface area contributed by atoms with Gasteiger partial charge in [-0.15, -0.1) is 0 Å². The van der Waals surface area contributed by atoms with Gasteiger partial charge in [0.05, 0.1) is 12.7 Å². The Morgan fingerprint density at radius 1 is 1.14 bits per heavy atom. The molecule has 0 aliphatic carbocycles. The molecule has 4 heteroatoms. The number of hydrogen-bond acceptors (Lipinski definition) is 3. The van der Waals surface area contributed by atoms with Crippen LogP contribution in [0.3, 0.4) is 0 Å². The second-order valence-corrected chi connectivity index (χ2v) is 5.69. The number of aryl methyl sites for hydroxylation is 2. The van der Waals surface area contributed by atoms with E-state index in [0.29, 0.717) is 10.8 Å². The molecule has 0 radical (unpaired) electrons. The van der Waals surface area contributed by atoms with Crippen LogP contribution in [0.2, 0.25) is 5.02 Å². The van der Waals surface area contributed by atoms with Crippen LogP contribution in [-0.4, -0.2) is 5.97 Å². The third kappa shape index (κ3) is 2.85. The Balaban J connectivity index is 1.79. The van der Waals surface area contributed by atoms with Crippen LogP contribution in [0, 0.1) is 13.8 Å². The van der Waals surface area contributed by atoms with Crippen molar-refractivity contribution in [3.8, 4) is 5.75 Å². The molecule has 0 bridgehead atoms. The summed E-state index contributed by atoms with van der Waals surface area (Å²) in [6.45, 7) is 4.04. The molecule has 0 fully saturated rings. The van der Waals surface area contributed by atoms with E-state index in [1.165, 1.54) is 0 Å². The third-order valence-electron chi connectivity index (χ3n) is 3.72. The summed E-state index contributed by atoms with van der Waals surface area (Å²) in [5.41, 5.74) is 3.92. The van der Waals surface area contributed by atoms with E-state index in [0.717, 1.165) is 27.7 Å². The normalized spacial score (nSPS) is 10.9. The maximum atomic E-state index is 12.1. The van der Waals surface area contributed by atoms with Gasteiger partial charge in [-0.05, 0) is 49.2 Å². The first-order valence-corrected chi connectivity index (χ1v) is 7.35. The highest BCUT2D eigenvalue weighted by molar-refractivity contribution is 6.30. The molecule has 0 saturated carbocycles. The molecule has 0 aliphatic heterocycles. The molecule has 22 heavy (non-hydrogen) atoms. The van der Waals surface area contributed by atoms with Crippen LogP contribution >= 0.6 is 11.6 Å². The second kappa shape index (κ2) is 5.85. The lowest BCUT2D eigenvalue weighted by atomic mass is 10.0. The topological polar surface area (TPSA) is 39.4 Å². The number of fused-ring (bicyclic) bond motifs is 1. The quantitative estimate of drug-likeness (QED) is 0.512. The molecule has 2 aromatic carbocycles. The predicted molar refractivity (Wildman–Crippen MR) is 86.5 cm³/mol. The van der Waals surface area contributed by atoms with E-state index in [2.05, 4.69) is 0 Å². The van der Waals surface area contributed by atoms with Gasteiger partial charge in [0.25, 0.3) is 0 Å². The minimum Gasteiger partial charge on any atom is -0.464 e. The Bertz CT molecular complexity index is 831. The fraction of sp³-hybridized carbons (Fsp3) is 0.167. The number of rotatable bonds is 3. The van der Waals surface area contributed by atoms with Gasteiger partial charge in [0.1, 0.15) is 11.3 Å². The highest BCUT2D eigenvalue weighted by Crippen LogP contribution is 2.27. The highest BCUT2D eigenvalue weighted by Gasteiger charge is 2.14. The van der Waals surface area contributed by atoms with E-state index in [-0.39, 0.29) is 12.4 Å². The van der Waals surface area contributed by atoms with E-state index >= 15 is 0 Å². The van der Waals surface area contributed by atoms with Gasteiger partial charge in [0, 0.05) is 16.0 Å². The number of furan rings is 1. The van der Waals surface area contributed by atoms with Crippen LogP contribution in [0.1, 0.15) is 16.7 Å². The molecular formula is C18H15ClO3. The van der Waals surface area contributed by atoms with Gasteiger partial charge in [-0.1, -0.05) is 23.7 Å². The van der Waals surface area contributed by atoms with Crippen LogP contribution in [0.4, 0.5) is 0 Å². The molecule has 0 spiro atoms. The molecule has 3 rings (SSSR count). The van der Waals surface area contributed by atoms with E-state index in [1.54, 1.807) is 30.5 Å². The van der Waals surface area contributed by atoms with Crippen LogP contribution in [0.25, 0.3) is 11.0 Å². The molecule has 0 N–H and O–H groups in total. The second-order valence-electron chi connectivity index (χ2n) is 5.25. The number of carbonyl (C=O) groups excluding carboxylic acids is 1. The standard InChI is InChI=1S/C18H15ClO3/c1-11-3-8-16-13(10-21-18(16)12(11)2)9-17(20)22-15-6-4-14(19)5-7-15/h3-8,10H,9H2,1-2H3. The Kier molecular flexibility index (Phi) is 3.90. The number of esters is 1. The monoisotopic (exact) mass is 314 g/mol. The fourth-order valence-corrected chi connectivity index (χ4v) is 2.48. The van der Waals surface area contributed by atoms with Crippen LogP contribution in [0.5, 0.6) is 5.75 Å². The summed E-state index contributed by atoms with van der Waals surface area (Å²) in [5.74, 6) is 0.150. The average Bonchev–Trinajstić information content (AvgIpc) is 2.89. The molecule has 3 nitrogen and oxygen atoms in total. The number of carbonyl (C=O) groups is 1. The van der Waals surface area contributed by atoms with Gasteiger partial charge >= 0.3 is 5.97 Å². The van der Waals surface area contributed by atoms with Crippen LogP contribution in [0.15, 0.2) is 47.1 Å². The van der Waals surface area contributed by atoms with E-state index in [9.17, 15) is 4.79 Å². The summed E-state index contributed by atoms with van der Waals surface area (Å²) in [7, 11) is 0. The molecule has 0 atom stereocenters. The molecule has 0 amide bonds. The average molecular weight is 315 g/mol. The van der Waals surface area contributed by atoms with Crippen molar-refractivity contribution < 1.29 is 13.9 Å². The molecule has 0 aliphatic rings. The van der Waals surface area contributed by atoms with Crippen molar-refractivity contribution in [1.82, 2.24) is 0 Å². The lowest BCUT2D eigenvalue weighted by molar-refractivity contribution is -0.133. The first-order chi connectivity index (χ1) is 10.5. The van der Waals surface area contributed by atoms with Gasteiger partial charge < -0.3 is 9.15 Å². The zero-order valence-corrected chi connectivity index (χ0v) is 13.1. The van der Waals surface area contributed by atoms with Crippen molar-refractivity contribution in [3.05, 3.63) is 64.4 Å². The minimum atomic E-state index is -0.330. The zero-order chi connectivity index (χ0) is 15.7. The summed E-state index contributed by atoms with van der Waals surface area (Å²) in [6, 6.07) is 10.7. The number of ether oxygens (including phenoxy) is 1. The summed E-state index contributed by atoms with van der Waals surface area (Å²) in [6.07, 6.45) is 1.79. The van der Waals surface area contributed by atoms with Crippen LogP contribution < -0.4 is 4.74 Å². The first-order valence-electron chi connectivity index (χ1n) is 6.97. The van der Waals surface area contributed by atoms with Crippen LogP contribution in [-0.2, 0) is 11.2 Å². The van der Waals surface area contributed by atoms with Crippen molar-refractivity contribution in [2.24, 2.45) is 0 Å². The van der Waals surface area contributed by atoms with Crippen molar-refractivity contribution in [3.63, 3.8) is 0 Å². The Labute approximate surface area is 133 Å². The van der Waals surface area contributed by atoms with Crippen molar-refractivity contribution in [2.75, 3.05) is 0 Å². The molecule has 3 aromatic rings. The SMILES string of the molecule is Cc1ccc2c(CC(=O)Oc3ccc(Cl)cc3)coc2c1C. The van der Waals surface area contributed by atoms with E-state index < -0.39 is 0 Å². The maximum Gasteiger partial charge on any atom is 0.315 e. The van der Waals surface area contributed by atoms with E-state index in [1.807, 2.05) is 26.0 Å². The minimum absolute atomic E-state index is 0.165. The predicted octanol–water partition coefficient (Wildman–Crippen LogP) is 4.85. The van der Waals surface area contributed by atoms with Crippen molar-refractivity contribution >= 4 is 28.5 Å². The van der Waals surface area contributed by atoms with E-state index in [4.69, 9.17) is 20.8 Å². The number of benzene rings is 2. The van der Waals surface area contributed by atoms with Crippen molar-refractivity contribution in [2.45, 2.75) is 20.3 Å². The van der Waals surface area contributed by atoms with Gasteiger partial charge in [0.2, 0.25) is 0 Å². The largest absolute Gasteiger partial charge is 0.464 e. The molecule has 0 unspecified atom stereocenters. The fourth-order valence-electron chi connectivity index (χ4n) is 2.35. The zero-order valence-electron chi connectivity index (χ0n) is 12.4. The highest BCUT2D eigenvalue weighted by atomic mass is 35.5. The Hall–Kier alpha value is -2.26. The summed E-state index contributed by atoms with van der Waals surface area (Å²) >= 11 is 5.80. The van der Waals surface area contributed by atoms with Gasteiger partial charge in [-0.25, -0.2) is 0 Å². The number of hydrogen-bond donors (Lipinski definition) is 0. The lowest BCUT2D eigenvalue weighted by Crippen LogP contribution is -2.10. The molecular weight excluding hydrogens is 300 g/mol. The molecule has 1 heterocycles.